The Morgan fingerprint density at radius 1 is 1.16 bits per heavy atom. The van der Waals surface area contributed by atoms with Crippen molar-refractivity contribution in [1.82, 2.24) is 0 Å². The molecular formula is C20H21NO3S. The largest absolute Gasteiger partial charge is 0.461 e. The second-order valence-corrected chi connectivity index (χ2v) is 8.62. The maximum atomic E-state index is 12.6. The van der Waals surface area contributed by atoms with Gasteiger partial charge in [-0.1, -0.05) is 25.1 Å². The number of benzene rings is 2. The Bertz CT molecular complexity index is 1040. The Balaban J connectivity index is 1.78. The first-order valence-corrected chi connectivity index (χ1v) is 10.0. The zero-order valence-electron chi connectivity index (χ0n) is 14.4. The minimum Gasteiger partial charge on any atom is -0.461 e. The molecule has 2 aromatic carbocycles. The minimum absolute atomic E-state index is 0.261. The van der Waals surface area contributed by atoms with E-state index in [1.165, 1.54) is 5.56 Å². The molecular weight excluding hydrogens is 334 g/mol. The SMILES string of the molecule is Cc1cc2oc3c(c2cc1NS(=O)(=O)c1ccccc1)CC(C)CC3. The molecule has 1 aliphatic carbocycles. The summed E-state index contributed by atoms with van der Waals surface area (Å²) in [5.41, 5.74) is 3.54. The Hall–Kier alpha value is -2.27. The van der Waals surface area contributed by atoms with Crippen molar-refractivity contribution in [2.75, 3.05) is 4.72 Å². The molecule has 0 amide bonds. The molecule has 0 saturated heterocycles. The molecule has 1 heterocycles. The van der Waals surface area contributed by atoms with Gasteiger partial charge >= 0.3 is 0 Å². The van der Waals surface area contributed by atoms with Crippen molar-refractivity contribution in [2.24, 2.45) is 5.92 Å². The molecule has 0 bridgehead atoms. The molecule has 1 aliphatic rings. The normalized spacial score (nSPS) is 17.4. The van der Waals surface area contributed by atoms with Crippen LogP contribution in [0.25, 0.3) is 11.0 Å². The summed E-state index contributed by atoms with van der Waals surface area (Å²) in [5.74, 6) is 1.68. The van der Waals surface area contributed by atoms with Crippen LogP contribution in [0.3, 0.4) is 0 Å². The van der Waals surface area contributed by atoms with E-state index in [0.29, 0.717) is 11.6 Å². The molecule has 0 saturated carbocycles. The first-order chi connectivity index (χ1) is 11.9. The highest BCUT2D eigenvalue weighted by molar-refractivity contribution is 7.92. The lowest BCUT2D eigenvalue weighted by atomic mass is 9.88. The number of nitrogens with one attached hydrogen (secondary N) is 1. The third-order valence-corrected chi connectivity index (χ3v) is 6.32. The number of hydrogen-bond donors (Lipinski definition) is 1. The van der Waals surface area contributed by atoms with Gasteiger partial charge in [0.05, 0.1) is 10.6 Å². The van der Waals surface area contributed by atoms with Gasteiger partial charge in [0.15, 0.2) is 0 Å². The molecule has 3 aromatic rings. The van der Waals surface area contributed by atoms with Crippen molar-refractivity contribution >= 4 is 26.7 Å². The number of sulfonamides is 1. The van der Waals surface area contributed by atoms with Crippen LogP contribution in [0.4, 0.5) is 5.69 Å². The number of anilines is 1. The second kappa shape index (κ2) is 5.92. The highest BCUT2D eigenvalue weighted by Gasteiger charge is 2.23. The number of rotatable bonds is 3. The van der Waals surface area contributed by atoms with E-state index in [9.17, 15) is 8.42 Å². The maximum Gasteiger partial charge on any atom is 0.261 e. The standard InChI is InChI=1S/C20H21NO3S/c1-13-8-9-19-16(10-13)17-12-18(14(2)11-20(17)24-19)21-25(22,23)15-6-4-3-5-7-15/h3-7,11-13,21H,8-10H2,1-2H3. The molecule has 5 heteroatoms. The van der Waals surface area contributed by atoms with Crippen LogP contribution >= 0.6 is 0 Å². The summed E-state index contributed by atoms with van der Waals surface area (Å²) in [6.45, 7) is 4.14. The van der Waals surface area contributed by atoms with Crippen molar-refractivity contribution < 1.29 is 12.8 Å². The van der Waals surface area contributed by atoms with Crippen LogP contribution in [0.15, 0.2) is 51.8 Å². The Kier molecular flexibility index (Phi) is 3.84. The summed E-state index contributed by atoms with van der Waals surface area (Å²) in [6, 6.07) is 12.3. The van der Waals surface area contributed by atoms with Crippen LogP contribution in [0.2, 0.25) is 0 Å². The lowest BCUT2D eigenvalue weighted by molar-refractivity contribution is 0.438. The summed E-state index contributed by atoms with van der Waals surface area (Å²) < 4.78 is 34.0. The Morgan fingerprint density at radius 2 is 1.92 bits per heavy atom. The van der Waals surface area contributed by atoms with Crippen molar-refractivity contribution in [2.45, 2.75) is 38.0 Å². The van der Waals surface area contributed by atoms with Crippen molar-refractivity contribution in [3.8, 4) is 0 Å². The van der Waals surface area contributed by atoms with E-state index in [4.69, 9.17) is 4.42 Å². The number of hydrogen-bond acceptors (Lipinski definition) is 3. The summed E-state index contributed by atoms with van der Waals surface area (Å²) in [5, 5.41) is 1.03. The molecule has 4 nitrogen and oxygen atoms in total. The second-order valence-electron chi connectivity index (χ2n) is 6.93. The van der Waals surface area contributed by atoms with Gasteiger partial charge in [-0.05, 0) is 55.5 Å². The van der Waals surface area contributed by atoms with E-state index in [1.54, 1.807) is 30.3 Å². The molecule has 0 spiro atoms. The fourth-order valence-corrected chi connectivity index (χ4v) is 4.66. The van der Waals surface area contributed by atoms with Crippen LogP contribution in [0, 0.1) is 12.8 Å². The van der Waals surface area contributed by atoms with Gasteiger partial charge in [0.1, 0.15) is 11.3 Å². The predicted molar refractivity (Wildman–Crippen MR) is 99.4 cm³/mol. The third kappa shape index (κ3) is 2.93. The summed E-state index contributed by atoms with van der Waals surface area (Å²) in [4.78, 5) is 0.261. The molecule has 130 valence electrons. The highest BCUT2D eigenvalue weighted by atomic mass is 32.2. The van der Waals surface area contributed by atoms with Crippen LogP contribution in [0.5, 0.6) is 0 Å². The predicted octanol–water partition coefficient (Wildman–Crippen LogP) is 4.67. The van der Waals surface area contributed by atoms with Gasteiger partial charge < -0.3 is 4.42 Å². The van der Waals surface area contributed by atoms with Crippen molar-refractivity contribution in [3.05, 3.63) is 59.4 Å². The van der Waals surface area contributed by atoms with Crippen molar-refractivity contribution in [1.29, 1.82) is 0 Å². The molecule has 1 aromatic heterocycles. The van der Waals surface area contributed by atoms with E-state index in [2.05, 4.69) is 11.6 Å². The number of fused-ring (bicyclic) bond motifs is 3. The maximum absolute atomic E-state index is 12.6. The minimum atomic E-state index is -3.60. The van der Waals surface area contributed by atoms with Crippen molar-refractivity contribution in [3.63, 3.8) is 0 Å². The quantitative estimate of drug-likeness (QED) is 0.743. The molecule has 1 N–H and O–H groups in total. The summed E-state index contributed by atoms with van der Waals surface area (Å²) in [6.07, 6.45) is 3.07. The van der Waals surface area contributed by atoms with Gasteiger partial charge in [-0.3, -0.25) is 4.72 Å². The molecule has 0 radical (unpaired) electrons. The van der Waals surface area contributed by atoms with Crippen LogP contribution in [0.1, 0.15) is 30.2 Å². The van der Waals surface area contributed by atoms with E-state index >= 15 is 0 Å². The lowest BCUT2D eigenvalue weighted by Gasteiger charge is -2.17. The lowest BCUT2D eigenvalue weighted by Crippen LogP contribution is -2.13. The Morgan fingerprint density at radius 3 is 2.68 bits per heavy atom. The smallest absolute Gasteiger partial charge is 0.261 e. The first kappa shape index (κ1) is 16.2. The summed E-state index contributed by atoms with van der Waals surface area (Å²) >= 11 is 0. The topological polar surface area (TPSA) is 59.3 Å². The van der Waals surface area contributed by atoms with E-state index in [1.807, 2.05) is 19.1 Å². The van der Waals surface area contributed by atoms with Crippen LogP contribution in [-0.2, 0) is 22.9 Å². The van der Waals surface area contributed by atoms with Gasteiger partial charge in [-0.2, -0.15) is 0 Å². The van der Waals surface area contributed by atoms with E-state index < -0.39 is 10.0 Å². The number of furan rings is 1. The van der Waals surface area contributed by atoms with E-state index in [0.717, 1.165) is 41.6 Å². The molecule has 25 heavy (non-hydrogen) atoms. The average molecular weight is 355 g/mol. The van der Waals surface area contributed by atoms with Crippen LogP contribution in [-0.4, -0.2) is 8.42 Å². The van der Waals surface area contributed by atoms with Gasteiger partial charge in [0.2, 0.25) is 0 Å². The van der Waals surface area contributed by atoms with Gasteiger partial charge in [-0.25, -0.2) is 8.42 Å². The average Bonchev–Trinajstić information content (AvgIpc) is 2.92. The van der Waals surface area contributed by atoms with E-state index in [-0.39, 0.29) is 4.90 Å². The monoisotopic (exact) mass is 355 g/mol. The molecule has 1 unspecified atom stereocenters. The molecule has 1 atom stereocenters. The Labute approximate surface area is 147 Å². The first-order valence-electron chi connectivity index (χ1n) is 8.57. The molecule has 4 rings (SSSR count). The van der Waals surface area contributed by atoms with Gasteiger partial charge in [0, 0.05) is 17.4 Å². The highest BCUT2D eigenvalue weighted by Crippen LogP contribution is 2.36. The fourth-order valence-electron chi connectivity index (χ4n) is 3.51. The molecule has 0 fully saturated rings. The van der Waals surface area contributed by atoms with Gasteiger partial charge in [0.25, 0.3) is 10.0 Å². The number of aryl methyl sites for hydroxylation is 2. The fraction of sp³-hybridized carbons (Fsp3) is 0.300. The zero-order chi connectivity index (χ0) is 17.6. The van der Waals surface area contributed by atoms with Gasteiger partial charge in [-0.15, -0.1) is 0 Å². The van der Waals surface area contributed by atoms with Crippen LogP contribution < -0.4 is 4.72 Å². The third-order valence-electron chi connectivity index (χ3n) is 4.94. The summed E-state index contributed by atoms with van der Waals surface area (Å²) in [7, 11) is -3.60. The molecule has 0 aliphatic heterocycles. The zero-order valence-corrected chi connectivity index (χ0v) is 15.2.